The first kappa shape index (κ1) is 20.6. The molecule has 0 aliphatic carbocycles. The minimum atomic E-state index is -1.47. The van der Waals surface area contributed by atoms with Crippen molar-refractivity contribution in [3.63, 3.8) is 0 Å². The van der Waals surface area contributed by atoms with Crippen molar-refractivity contribution in [1.82, 2.24) is 0 Å². The van der Waals surface area contributed by atoms with Gasteiger partial charge in [-0.15, -0.1) is 0 Å². The molecule has 0 aromatic heterocycles. The van der Waals surface area contributed by atoms with Crippen molar-refractivity contribution in [2.24, 2.45) is 0 Å². The monoisotopic (exact) mass is 389 g/mol. The highest BCUT2D eigenvalue weighted by molar-refractivity contribution is 5.47. The van der Waals surface area contributed by atoms with E-state index in [1.54, 1.807) is 12.1 Å². The minimum Gasteiger partial charge on any atom is -0.462 e. The molecule has 0 amide bonds. The Morgan fingerprint density at radius 2 is 1.61 bits per heavy atom. The van der Waals surface area contributed by atoms with E-state index in [2.05, 4.69) is 0 Å². The van der Waals surface area contributed by atoms with Crippen molar-refractivity contribution >= 4 is 5.69 Å². The van der Waals surface area contributed by atoms with Crippen LogP contribution in [0.4, 0.5) is 5.69 Å². The molecule has 2 aromatic rings. The molecule has 4 N–H and O–H groups in total. The molecule has 7 heteroatoms. The maximum Gasteiger partial charge on any atom is 0.229 e. The van der Waals surface area contributed by atoms with Crippen molar-refractivity contribution in [3.8, 4) is 5.75 Å². The molecule has 152 valence electrons. The predicted octanol–water partition coefficient (Wildman–Crippen LogP) is 0.522. The second-order valence-electron chi connectivity index (χ2n) is 7.16. The number of aliphatic hydroxyl groups excluding tert-OH is 4. The van der Waals surface area contributed by atoms with Gasteiger partial charge in [0.15, 0.2) is 0 Å². The molecule has 0 unspecified atom stereocenters. The number of hydrogen-bond acceptors (Lipinski definition) is 7. The van der Waals surface area contributed by atoms with E-state index in [4.69, 9.17) is 9.47 Å². The first-order valence-corrected chi connectivity index (χ1v) is 9.22. The first-order chi connectivity index (χ1) is 13.4. The predicted molar refractivity (Wildman–Crippen MR) is 104 cm³/mol. The fourth-order valence-corrected chi connectivity index (χ4v) is 3.19. The molecule has 1 aliphatic rings. The third-order valence-electron chi connectivity index (χ3n) is 4.91. The summed E-state index contributed by atoms with van der Waals surface area (Å²) in [6, 6.07) is 15.5. The molecule has 2 aromatic carbocycles. The summed E-state index contributed by atoms with van der Waals surface area (Å²) < 4.78 is 11.3. The zero-order chi connectivity index (χ0) is 20.3. The van der Waals surface area contributed by atoms with E-state index in [0.717, 1.165) is 16.8 Å². The van der Waals surface area contributed by atoms with Gasteiger partial charge in [-0.3, -0.25) is 0 Å². The van der Waals surface area contributed by atoms with E-state index in [-0.39, 0.29) is 0 Å². The number of ether oxygens (including phenoxy) is 2. The topological polar surface area (TPSA) is 103 Å². The quantitative estimate of drug-likeness (QED) is 0.571. The molecule has 0 bridgehead atoms. The summed E-state index contributed by atoms with van der Waals surface area (Å²) in [5.74, 6) is 0.503. The van der Waals surface area contributed by atoms with Gasteiger partial charge in [0.25, 0.3) is 0 Å². The molecule has 1 heterocycles. The van der Waals surface area contributed by atoms with Crippen LogP contribution in [0.1, 0.15) is 11.1 Å². The molecule has 0 radical (unpaired) electrons. The van der Waals surface area contributed by atoms with E-state index >= 15 is 0 Å². The summed E-state index contributed by atoms with van der Waals surface area (Å²) in [6.45, 7) is -0.495. The van der Waals surface area contributed by atoms with Gasteiger partial charge in [-0.05, 0) is 29.3 Å². The Labute approximate surface area is 164 Å². The van der Waals surface area contributed by atoms with Gasteiger partial charge in [0.05, 0.1) is 6.61 Å². The van der Waals surface area contributed by atoms with Crippen LogP contribution < -0.4 is 9.64 Å². The van der Waals surface area contributed by atoms with Crippen LogP contribution in [0.3, 0.4) is 0 Å². The first-order valence-electron chi connectivity index (χ1n) is 9.22. The van der Waals surface area contributed by atoms with Crippen LogP contribution in [0.2, 0.25) is 0 Å². The molecule has 1 aliphatic heterocycles. The average molecular weight is 389 g/mol. The molecule has 7 nitrogen and oxygen atoms in total. The van der Waals surface area contributed by atoms with Crippen molar-refractivity contribution in [1.29, 1.82) is 0 Å². The molecule has 0 saturated carbocycles. The van der Waals surface area contributed by atoms with Crippen molar-refractivity contribution < 1.29 is 29.9 Å². The van der Waals surface area contributed by atoms with Crippen LogP contribution in [0.5, 0.6) is 5.75 Å². The number of nitrogens with zero attached hydrogens (tertiary/aromatic N) is 1. The average Bonchev–Trinajstić information content (AvgIpc) is 2.70. The van der Waals surface area contributed by atoms with Gasteiger partial charge in [-0.1, -0.05) is 30.3 Å². The largest absolute Gasteiger partial charge is 0.462 e. The number of anilines is 1. The molecule has 28 heavy (non-hydrogen) atoms. The Kier molecular flexibility index (Phi) is 6.53. The van der Waals surface area contributed by atoms with E-state index in [1.807, 2.05) is 55.4 Å². The van der Waals surface area contributed by atoms with Crippen LogP contribution in [0.15, 0.2) is 48.5 Å². The van der Waals surface area contributed by atoms with Gasteiger partial charge in [0, 0.05) is 26.2 Å². The summed E-state index contributed by atoms with van der Waals surface area (Å²) in [5.41, 5.74) is 3.09. The molecule has 1 saturated heterocycles. The number of hydrogen-bond donors (Lipinski definition) is 4. The second kappa shape index (κ2) is 8.89. The molecular formula is C21H27NO6. The maximum atomic E-state index is 10.2. The van der Waals surface area contributed by atoms with E-state index in [1.165, 1.54) is 0 Å². The smallest absolute Gasteiger partial charge is 0.229 e. The number of benzene rings is 2. The zero-order valence-corrected chi connectivity index (χ0v) is 16.0. The lowest BCUT2D eigenvalue weighted by Crippen LogP contribution is -2.60. The summed E-state index contributed by atoms with van der Waals surface area (Å²) >= 11 is 0. The summed E-state index contributed by atoms with van der Waals surface area (Å²) in [6.07, 6.45) is -5.92. The van der Waals surface area contributed by atoms with Gasteiger partial charge < -0.3 is 34.8 Å². The Morgan fingerprint density at radius 1 is 0.929 bits per heavy atom. The fourth-order valence-electron chi connectivity index (χ4n) is 3.19. The van der Waals surface area contributed by atoms with Crippen molar-refractivity contribution in [2.45, 2.75) is 37.1 Å². The van der Waals surface area contributed by atoms with E-state index in [9.17, 15) is 20.4 Å². The minimum absolute atomic E-state index is 0.495. The summed E-state index contributed by atoms with van der Waals surface area (Å²) in [4.78, 5) is 2.03. The molecule has 3 rings (SSSR count). The lowest BCUT2D eigenvalue weighted by molar-refractivity contribution is -0.277. The van der Waals surface area contributed by atoms with E-state index < -0.39 is 37.3 Å². The Balaban J connectivity index is 1.76. The fraction of sp³-hybridized carbons (Fsp3) is 0.429. The van der Waals surface area contributed by atoms with Gasteiger partial charge in [0.2, 0.25) is 6.29 Å². The zero-order valence-electron chi connectivity index (χ0n) is 16.0. The third-order valence-corrected chi connectivity index (χ3v) is 4.91. The Bertz CT molecular complexity index is 764. The maximum absolute atomic E-state index is 10.2. The Morgan fingerprint density at radius 3 is 2.25 bits per heavy atom. The summed E-state index contributed by atoms with van der Waals surface area (Å²) in [7, 11) is 3.97. The van der Waals surface area contributed by atoms with E-state index in [0.29, 0.717) is 12.2 Å². The highest BCUT2D eigenvalue weighted by Gasteiger charge is 2.44. The number of rotatable bonds is 6. The lowest BCUT2D eigenvalue weighted by Gasteiger charge is -2.39. The molecule has 5 atom stereocenters. The molecule has 1 fully saturated rings. The van der Waals surface area contributed by atoms with Crippen molar-refractivity contribution in [2.75, 3.05) is 25.6 Å². The summed E-state index contributed by atoms with van der Waals surface area (Å²) in [5, 5.41) is 39.4. The standard InChI is InChI=1S/C21H27NO6/c1-22(2)15-9-7-13(8-10-15)11-14-5-3-4-6-16(14)27-21-20(26)19(25)18(24)17(12-23)28-21/h3-10,17-21,23-26H,11-12H2,1-2H3/t17-,18-,19+,20-,21-/m1/s1. The van der Waals surface area contributed by atoms with Crippen LogP contribution in [0, 0.1) is 0 Å². The molecular weight excluding hydrogens is 362 g/mol. The normalized spacial score (nSPS) is 27.4. The van der Waals surface area contributed by atoms with Gasteiger partial charge in [-0.25, -0.2) is 0 Å². The number of para-hydroxylation sites is 1. The number of aliphatic hydroxyl groups is 4. The van der Waals surface area contributed by atoms with Crippen LogP contribution >= 0.6 is 0 Å². The van der Waals surface area contributed by atoms with Crippen molar-refractivity contribution in [3.05, 3.63) is 59.7 Å². The van der Waals surface area contributed by atoms with Gasteiger partial charge in [-0.2, -0.15) is 0 Å². The van der Waals surface area contributed by atoms with Gasteiger partial charge >= 0.3 is 0 Å². The second-order valence-corrected chi connectivity index (χ2v) is 7.16. The molecule has 0 spiro atoms. The van der Waals surface area contributed by atoms with Crippen LogP contribution in [-0.4, -0.2) is 71.8 Å². The highest BCUT2D eigenvalue weighted by Crippen LogP contribution is 2.28. The van der Waals surface area contributed by atoms with Crippen LogP contribution in [0.25, 0.3) is 0 Å². The highest BCUT2D eigenvalue weighted by atomic mass is 16.7. The Hall–Kier alpha value is -2.16. The SMILES string of the molecule is CN(C)c1ccc(Cc2ccccc2O[C@@H]2O[C@H](CO)[C@@H](O)[C@H](O)[C@H]2O)cc1. The van der Waals surface area contributed by atoms with Crippen LogP contribution in [-0.2, 0) is 11.2 Å². The van der Waals surface area contributed by atoms with Gasteiger partial charge in [0.1, 0.15) is 30.2 Å². The lowest BCUT2D eigenvalue weighted by atomic mass is 9.99. The third kappa shape index (κ3) is 4.45.